The predicted octanol–water partition coefficient (Wildman–Crippen LogP) is 12.9. The fourth-order valence-electron chi connectivity index (χ4n) is 9.81. The van der Waals surface area contributed by atoms with E-state index in [-0.39, 0.29) is 0 Å². The minimum atomic E-state index is -0.903. The summed E-state index contributed by atoms with van der Waals surface area (Å²) in [5.74, 6) is 1.26. The fraction of sp³-hybridized carbons (Fsp3) is 0.0175. The summed E-state index contributed by atoms with van der Waals surface area (Å²) in [6.45, 7) is 0. The first-order valence-corrected chi connectivity index (χ1v) is 22.6. The normalized spacial score (nSPS) is 12.8. The molecule has 2 heterocycles. The van der Waals surface area contributed by atoms with Gasteiger partial charge in [0, 0.05) is 39.5 Å². The SMILES string of the molecule is c1ccc(-c2cccc(N(c3cccc(-c4ccc5c(c4)[SiH2]c4c(n(-c6ccccc6)c6ccccc46)N5c4ccccc4)c3)c3ccc4c(c3)Cc3ccccc3-4)c2)cc1. The van der Waals surface area contributed by atoms with Crippen LogP contribution in [-0.2, 0) is 6.42 Å². The monoisotopic (exact) mass is 795 g/mol. The fourth-order valence-corrected chi connectivity index (χ4v) is 11.9. The van der Waals surface area contributed by atoms with E-state index in [9.17, 15) is 0 Å². The Labute approximate surface area is 358 Å². The topological polar surface area (TPSA) is 11.4 Å². The maximum Gasteiger partial charge on any atom is 0.122 e. The van der Waals surface area contributed by atoms with Gasteiger partial charge >= 0.3 is 0 Å². The molecule has 0 fully saturated rings. The molecule has 1 aromatic heterocycles. The smallest absolute Gasteiger partial charge is 0.122 e. The van der Waals surface area contributed by atoms with Crippen molar-refractivity contribution in [2.45, 2.75) is 6.42 Å². The summed E-state index contributed by atoms with van der Waals surface area (Å²) in [7, 11) is -0.903. The van der Waals surface area contributed by atoms with Crippen molar-refractivity contribution < 1.29 is 0 Å². The van der Waals surface area contributed by atoms with E-state index in [1.54, 1.807) is 0 Å². The van der Waals surface area contributed by atoms with E-state index >= 15 is 0 Å². The van der Waals surface area contributed by atoms with Gasteiger partial charge in [-0.2, -0.15) is 0 Å². The molecule has 10 aromatic rings. The summed E-state index contributed by atoms with van der Waals surface area (Å²) in [5.41, 5.74) is 18.6. The quantitative estimate of drug-likeness (QED) is 0.149. The van der Waals surface area contributed by atoms with Crippen LogP contribution in [0.15, 0.2) is 224 Å². The molecule has 0 bridgehead atoms. The van der Waals surface area contributed by atoms with Gasteiger partial charge in [-0.05, 0) is 134 Å². The van der Waals surface area contributed by atoms with Gasteiger partial charge in [0.15, 0.2) is 0 Å². The van der Waals surface area contributed by atoms with Gasteiger partial charge in [-0.3, -0.25) is 9.47 Å². The number of para-hydroxylation sites is 3. The summed E-state index contributed by atoms with van der Waals surface area (Å²) in [4.78, 5) is 4.94. The number of hydrogen-bond acceptors (Lipinski definition) is 2. The minimum absolute atomic E-state index is 0.903. The molecule has 1 aliphatic carbocycles. The maximum atomic E-state index is 2.50. The summed E-state index contributed by atoms with van der Waals surface area (Å²) in [6.07, 6.45) is 0.946. The van der Waals surface area contributed by atoms with Gasteiger partial charge < -0.3 is 4.90 Å². The highest BCUT2D eigenvalue weighted by Crippen LogP contribution is 2.44. The Morgan fingerprint density at radius 2 is 1.00 bits per heavy atom. The van der Waals surface area contributed by atoms with Gasteiger partial charge in [-0.1, -0.05) is 152 Å². The van der Waals surface area contributed by atoms with Gasteiger partial charge in [-0.25, -0.2) is 0 Å². The van der Waals surface area contributed by atoms with Crippen LogP contribution in [-0.4, -0.2) is 14.1 Å². The molecule has 61 heavy (non-hydrogen) atoms. The predicted molar refractivity (Wildman–Crippen MR) is 260 cm³/mol. The number of fused-ring (bicyclic) bond motifs is 7. The molecule has 3 nitrogen and oxygen atoms in total. The molecule has 9 aromatic carbocycles. The van der Waals surface area contributed by atoms with Crippen molar-refractivity contribution in [2.75, 3.05) is 9.80 Å². The lowest BCUT2D eigenvalue weighted by molar-refractivity contribution is 1.08. The van der Waals surface area contributed by atoms with Gasteiger partial charge in [0.2, 0.25) is 0 Å². The number of nitrogens with zero attached hydrogens (tertiary/aromatic N) is 3. The van der Waals surface area contributed by atoms with Crippen LogP contribution in [0.3, 0.4) is 0 Å². The zero-order valence-electron chi connectivity index (χ0n) is 33.6. The number of anilines is 6. The average Bonchev–Trinajstić information content (AvgIpc) is 3.87. The number of aromatic nitrogens is 1. The highest BCUT2D eigenvalue weighted by molar-refractivity contribution is 6.74. The Morgan fingerprint density at radius 1 is 0.410 bits per heavy atom. The Kier molecular flexibility index (Phi) is 8.42. The third-order valence-electron chi connectivity index (χ3n) is 12.6. The lowest BCUT2D eigenvalue weighted by Crippen LogP contribution is -2.40. The van der Waals surface area contributed by atoms with Crippen molar-refractivity contribution in [3.8, 4) is 39.1 Å². The molecule has 1 aliphatic heterocycles. The summed E-state index contributed by atoms with van der Waals surface area (Å²) < 4.78 is 2.48. The van der Waals surface area contributed by atoms with Crippen LogP contribution >= 0.6 is 0 Å². The van der Waals surface area contributed by atoms with Gasteiger partial charge in [-0.15, -0.1) is 0 Å². The largest absolute Gasteiger partial charge is 0.310 e. The highest BCUT2D eigenvalue weighted by Gasteiger charge is 2.31. The Bertz CT molecular complexity index is 3260. The maximum absolute atomic E-state index is 2.50. The number of benzene rings is 9. The molecule has 0 radical (unpaired) electrons. The lowest BCUT2D eigenvalue weighted by Gasteiger charge is -2.33. The Hall–Kier alpha value is -7.66. The molecule has 0 spiro atoms. The first-order valence-electron chi connectivity index (χ1n) is 21.2. The van der Waals surface area contributed by atoms with Crippen molar-refractivity contribution in [1.82, 2.24) is 4.57 Å². The number of hydrogen-bond donors (Lipinski definition) is 0. The van der Waals surface area contributed by atoms with E-state index < -0.39 is 9.52 Å². The minimum Gasteiger partial charge on any atom is -0.310 e. The van der Waals surface area contributed by atoms with Crippen LogP contribution in [0.4, 0.5) is 34.3 Å². The molecule has 12 rings (SSSR count). The van der Waals surface area contributed by atoms with E-state index in [1.807, 2.05) is 0 Å². The summed E-state index contributed by atoms with van der Waals surface area (Å²) >= 11 is 0. The standard InChI is InChI=1S/C57H41N3Si/c1-4-16-39(17-5-1)40-19-14-25-47(35-40)58(49-31-32-51-44(37-49)34-43-18-10-11-27-50(43)51)48-26-15-20-41(36-48)42-30-33-54-55(38-42)61-56-52-28-12-13-29-53(52)59(45-21-6-2-7-22-45)57(56)60(54)46-23-8-3-9-24-46/h1-33,35-38H,34,61H2. The van der Waals surface area contributed by atoms with Crippen molar-refractivity contribution in [3.05, 3.63) is 236 Å². The summed E-state index contributed by atoms with van der Waals surface area (Å²) in [5, 5.41) is 4.27. The van der Waals surface area contributed by atoms with Crippen molar-refractivity contribution >= 4 is 65.1 Å². The molecule has 0 atom stereocenters. The zero-order valence-corrected chi connectivity index (χ0v) is 35.0. The van der Waals surface area contributed by atoms with E-state index in [4.69, 9.17) is 0 Å². The second kappa shape index (κ2) is 14.6. The molecular formula is C57H41N3Si. The third-order valence-corrected chi connectivity index (χ3v) is 14.6. The zero-order chi connectivity index (χ0) is 40.3. The van der Waals surface area contributed by atoms with Crippen LogP contribution < -0.4 is 20.2 Å². The second-order valence-corrected chi connectivity index (χ2v) is 18.0. The van der Waals surface area contributed by atoms with Crippen LogP contribution in [0.2, 0.25) is 0 Å². The van der Waals surface area contributed by atoms with Crippen LogP contribution in [0, 0.1) is 0 Å². The van der Waals surface area contributed by atoms with Crippen LogP contribution in [0.5, 0.6) is 0 Å². The molecule has 0 unspecified atom stereocenters. The van der Waals surface area contributed by atoms with E-state index in [2.05, 4.69) is 239 Å². The van der Waals surface area contributed by atoms with Gasteiger partial charge in [0.25, 0.3) is 0 Å². The molecule has 4 heteroatoms. The van der Waals surface area contributed by atoms with E-state index in [0.29, 0.717) is 0 Å². The molecule has 2 aliphatic rings. The van der Waals surface area contributed by atoms with Crippen molar-refractivity contribution in [1.29, 1.82) is 0 Å². The lowest BCUT2D eigenvalue weighted by atomic mass is 10.0. The molecule has 0 saturated heterocycles. The van der Waals surface area contributed by atoms with Crippen LogP contribution in [0.25, 0.3) is 50.0 Å². The van der Waals surface area contributed by atoms with E-state index in [1.165, 1.54) is 88.7 Å². The molecule has 288 valence electrons. The van der Waals surface area contributed by atoms with Crippen molar-refractivity contribution in [2.24, 2.45) is 0 Å². The van der Waals surface area contributed by atoms with Crippen molar-refractivity contribution in [3.63, 3.8) is 0 Å². The van der Waals surface area contributed by atoms with E-state index in [0.717, 1.165) is 23.5 Å². The number of rotatable bonds is 7. The first kappa shape index (κ1) is 35.3. The Balaban J connectivity index is 0.990. The molecule has 0 N–H and O–H groups in total. The molecule has 0 saturated carbocycles. The second-order valence-electron chi connectivity index (χ2n) is 16.2. The first-order chi connectivity index (χ1) is 30.2. The third kappa shape index (κ3) is 6.03. The van der Waals surface area contributed by atoms with Gasteiger partial charge in [0.1, 0.15) is 5.82 Å². The van der Waals surface area contributed by atoms with Gasteiger partial charge in [0.05, 0.1) is 15.0 Å². The highest BCUT2D eigenvalue weighted by atomic mass is 28.2. The average molecular weight is 796 g/mol. The van der Waals surface area contributed by atoms with Crippen LogP contribution in [0.1, 0.15) is 11.1 Å². The Morgan fingerprint density at radius 3 is 1.77 bits per heavy atom. The molecular weight excluding hydrogens is 755 g/mol. The molecule has 0 amide bonds. The summed E-state index contributed by atoms with van der Waals surface area (Å²) in [6, 6.07) is 82.5.